The van der Waals surface area contributed by atoms with Crippen molar-refractivity contribution in [3.05, 3.63) is 30.0 Å². The first-order valence-electron chi connectivity index (χ1n) is 8.83. The summed E-state index contributed by atoms with van der Waals surface area (Å²) < 4.78 is 0. The Bertz CT molecular complexity index is 735. The standard InChI is InChI=1S/C18H23N5O/c24-18(21-13-5-8-19-9-6-13)14-7-10-20-15-3-4-16(22-17(14)15)23-11-1-2-12-23/h3-4,7,10,13,19H,1-2,5-6,8-9,11-12H2,(H,21,24). The molecule has 6 heteroatoms. The lowest BCUT2D eigenvalue weighted by atomic mass is 10.1. The van der Waals surface area contributed by atoms with Crippen LogP contribution in [-0.4, -0.2) is 48.1 Å². The molecule has 2 N–H and O–H groups in total. The van der Waals surface area contributed by atoms with Gasteiger partial charge in [-0.3, -0.25) is 9.78 Å². The maximum Gasteiger partial charge on any atom is 0.253 e. The lowest BCUT2D eigenvalue weighted by Gasteiger charge is -2.24. The van der Waals surface area contributed by atoms with Crippen LogP contribution in [0.3, 0.4) is 0 Å². The number of fused-ring (bicyclic) bond motifs is 1. The van der Waals surface area contributed by atoms with Crippen LogP contribution in [-0.2, 0) is 0 Å². The molecule has 2 aromatic rings. The molecule has 0 spiro atoms. The molecule has 2 aliphatic heterocycles. The normalized spacial score (nSPS) is 18.9. The highest BCUT2D eigenvalue weighted by atomic mass is 16.1. The van der Waals surface area contributed by atoms with Crippen molar-refractivity contribution in [1.82, 2.24) is 20.6 Å². The van der Waals surface area contributed by atoms with Gasteiger partial charge >= 0.3 is 0 Å². The minimum Gasteiger partial charge on any atom is -0.357 e. The monoisotopic (exact) mass is 325 g/mol. The van der Waals surface area contributed by atoms with Gasteiger partial charge in [-0.05, 0) is 57.0 Å². The third kappa shape index (κ3) is 3.06. The highest BCUT2D eigenvalue weighted by Gasteiger charge is 2.20. The molecule has 0 aromatic carbocycles. The Hall–Kier alpha value is -2.21. The molecule has 2 fully saturated rings. The van der Waals surface area contributed by atoms with Gasteiger partial charge < -0.3 is 15.5 Å². The molecule has 0 unspecified atom stereocenters. The van der Waals surface area contributed by atoms with Gasteiger partial charge in [0, 0.05) is 25.3 Å². The van der Waals surface area contributed by atoms with Gasteiger partial charge in [-0.2, -0.15) is 0 Å². The van der Waals surface area contributed by atoms with Crippen LogP contribution in [0.2, 0.25) is 0 Å². The molecule has 0 saturated carbocycles. The molecule has 0 atom stereocenters. The Kier molecular flexibility index (Phi) is 4.30. The van der Waals surface area contributed by atoms with E-state index in [1.807, 2.05) is 12.1 Å². The average molecular weight is 325 g/mol. The fraction of sp³-hybridized carbons (Fsp3) is 0.500. The molecule has 2 aliphatic rings. The second-order valence-electron chi connectivity index (χ2n) is 6.59. The first-order valence-corrected chi connectivity index (χ1v) is 8.83. The summed E-state index contributed by atoms with van der Waals surface area (Å²) in [5.74, 6) is 0.907. The predicted molar refractivity (Wildman–Crippen MR) is 94.3 cm³/mol. The smallest absolute Gasteiger partial charge is 0.253 e. The summed E-state index contributed by atoms with van der Waals surface area (Å²) in [6, 6.07) is 6.00. The minimum atomic E-state index is -0.0413. The number of hydrogen-bond acceptors (Lipinski definition) is 5. The quantitative estimate of drug-likeness (QED) is 0.899. The molecule has 126 valence electrons. The third-order valence-electron chi connectivity index (χ3n) is 4.92. The zero-order chi connectivity index (χ0) is 16.4. The maximum atomic E-state index is 12.7. The van der Waals surface area contributed by atoms with Crippen LogP contribution < -0.4 is 15.5 Å². The molecule has 6 nitrogen and oxygen atoms in total. The Morgan fingerprint density at radius 3 is 2.75 bits per heavy atom. The van der Waals surface area contributed by atoms with Crippen molar-refractivity contribution in [2.45, 2.75) is 31.7 Å². The van der Waals surface area contributed by atoms with Crippen molar-refractivity contribution in [1.29, 1.82) is 0 Å². The van der Waals surface area contributed by atoms with Crippen LogP contribution in [0.25, 0.3) is 11.0 Å². The SMILES string of the molecule is O=C(NC1CCNCC1)c1ccnc2ccc(N3CCCC3)nc12. The highest BCUT2D eigenvalue weighted by Crippen LogP contribution is 2.22. The summed E-state index contributed by atoms with van der Waals surface area (Å²) >= 11 is 0. The van der Waals surface area contributed by atoms with Crippen LogP contribution in [0.1, 0.15) is 36.0 Å². The summed E-state index contributed by atoms with van der Waals surface area (Å²) in [5, 5.41) is 6.47. The first kappa shape index (κ1) is 15.3. The third-order valence-corrected chi connectivity index (χ3v) is 4.92. The van der Waals surface area contributed by atoms with Crippen molar-refractivity contribution >= 4 is 22.8 Å². The van der Waals surface area contributed by atoms with E-state index < -0.39 is 0 Å². The number of carbonyl (C=O) groups excluding carboxylic acids is 1. The minimum absolute atomic E-state index is 0.0413. The fourth-order valence-corrected chi connectivity index (χ4v) is 3.55. The predicted octanol–water partition coefficient (Wildman–Crippen LogP) is 1.71. The number of pyridine rings is 2. The van der Waals surface area contributed by atoms with E-state index in [1.165, 1.54) is 12.8 Å². The van der Waals surface area contributed by atoms with Crippen molar-refractivity contribution in [3.8, 4) is 0 Å². The van der Waals surface area contributed by atoms with Gasteiger partial charge in [-0.25, -0.2) is 4.98 Å². The van der Waals surface area contributed by atoms with Gasteiger partial charge in [0.1, 0.15) is 11.3 Å². The maximum absolute atomic E-state index is 12.7. The number of amides is 1. The number of rotatable bonds is 3. The molecule has 4 rings (SSSR count). The zero-order valence-electron chi connectivity index (χ0n) is 13.8. The summed E-state index contributed by atoms with van der Waals surface area (Å²) in [5.41, 5.74) is 2.10. The van der Waals surface area contributed by atoms with Crippen LogP contribution in [0.15, 0.2) is 24.4 Å². The van der Waals surface area contributed by atoms with Crippen LogP contribution in [0, 0.1) is 0 Å². The van der Waals surface area contributed by atoms with Gasteiger partial charge in [0.15, 0.2) is 0 Å². The molecule has 0 bridgehead atoms. The second-order valence-corrected chi connectivity index (χ2v) is 6.59. The van der Waals surface area contributed by atoms with Crippen molar-refractivity contribution < 1.29 is 4.79 Å². The van der Waals surface area contributed by atoms with Gasteiger partial charge in [0.25, 0.3) is 5.91 Å². The Morgan fingerprint density at radius 1 is 1.17 bits per heavy atom. The lowest BCUT2D eigenvalue weighted by Crippen LogP contribution is -2.42. The number of anilines is 1. The summed E-state index contributed by atoms with van der Waals surface area (Å²) in [7, 11) is 0. The Balaban J connectivity index is 1.63. The number of nitrogens with one attached hydrogen (secondary N) is 2. The summed E-state index contributed by atoms with van der Waals surface area (Å²) in [6.07, 6.45) is 6.05. The number of piperidine rings is 1. The van der Waals surface area contributed by atoms with Crippen LogP contribution >= 0.6 is 0 Å². The lowest BCUT2D eigenvalue weighted by molar-refractivity contribution is 0.0931. The number of nitrogens with zero attached hydrogens (tertiary/aromatic N) is 3. The summed E-state index contributed by atoms with van der Waals surface area (Å²) in [4.78, 5) is 24.2. The first-order chi connectivity index (χ1) is 11.8. The van der Waals surface area contributed by atoms with Crippen molar-refractivity contribution in [3.63, 3.8) is 0 Å². The largest absolute Gasteiger partial charge is 0.357 e. The van der Waals surface area contributed by atoms with E-state index in [-0.39, 0.29) is 11.9 Å². The molecule has 4 heterocycles. The molecule has 0 aliphatic carbocycles. The number of aromatic nitrogens is 2. The van der Waals surface area contributed by atoms with E-state index in [1.54, 1.807) is 12.3 Å². The van der Waals surface area contributed by atoms with Crippen LogP contribution in [0.4, 0.5) is 5.82 Å². The van der Waals surface area contributed by atoms with Gasteiger partial charge in [-0.1, -0.05) is 0 Å². The molecule has 1 amide bonds. The number of hydrogen-bond donors (Lipinski definition) is 2. The summed E-state index contributed by atoms with van der Waals surface area (Å²) in [6.45, 7) is 3.99. The zero-order valence-corrected chi connectivity index (χ0v) is 13.8. The molecule has 24 heavy (non-hydrogen) atoms. The second kappa shape index (κ2) is 6.73. The number of carbonyl (C=O) groups is 1. The van der Waals surface area contributed by atoms with Gasteiger partial charge in [-0.15, -0.1) is 0 Å². The molecule has 2 saturated heterocycles. The van der Waals surface area contributed by atoms with E-state index in [9.17, 15) is 4.79 Å². The fourth-order valence-electron chi connectivity index (χ4n) is 3.55. The Morgan fingerprint density at radius 2 is 1.96 bits per heavy atom. The molecule has 2 aromatic heterocycles. The molecular weight excluding hydrogens is 302 g/mol. The van der Waals surface area contributed by atoms with E-state index in [0.29, 0.717) is 11.1 Å². The molecule has 0 radical (unpaired) electrons. The van der Waals surface area contributed by atoms with Crippen LogP contribution in [0.5, 0.6) is 0 Å². The Labute approximate surface area is 141 Å². The van der Waals surface area contributed by atoms with E-state index >= 15 is 0 Å². The van der Waals surface area contributed by atoms with Gasteiger partial charge in [0.2, 0.25) is 0 Å². The van der Waals surface area contributed by atoms with E-state index in [4.69, 9.17) is 4.98 Å². The molecular formula is C18H23N5O. The average Bonchev–Trinajstić information content (AvgIpc) is 3.16. The highest BCUT2D eigenvalue weighted by molar-refractivity contribution is 6.04. The van der Waals surface area contributed by atoms with Crippen molar-refractivity contribution in [2.75, 3.05) is 31.1 Å². The van der Waals surface area contributed by atoms with Gasteiger partial charge in [0.05, 0.1) is 11.1 Å². The van der Waals surface area contributed by atoms with E-state index in [0.717, 1.165) is 50.4 Å². The van der Waals surface area contributed by atoms with E-state index in [2.05, 4.69) is 20.5 Å². The van der Waals surface area contributed by atoms with Crippen molar-refractivity contribution in [2.24, 2.45) is 0 Å². The topological polar surface area (TPSA) is 70.2 Å².